The van der Waals surface area contributed by atoms with Gasteiger partial charge in [-0.05, 0) is 25.2 Å². The molecule has 0 aliphatic heterocycles. The lowest BCUT2D eigenvalue weighted by Crippen LogP contribution is -1.97. The molecule has 0 rings (SSSR count). The third-order valence-electron chi connectivity index (χ3n) is 3.47. The molecular weight excluding hydrogens is 204 g/mol. The first-order valence-electron chi connectivity index (χ1n) is 7.56. The van der Waals surface area contributed by atoms with Crippen LogP contribution in [0.3, 0.4) is 0 Å². The van der Waals surface area contributed by atoms with Crippen molar-refractivity contribution in [3.8, 4) is 0 Å². The fourth-order valence-corrected chi connectivity index (χ4v) is 2.37. The van der Waals surface area contributed by atoms with E-state index >= 15 is 0 Å². The summed E-state index contributed by atoms with van der Waals surface area (Å²) in [4.78, 5) is 0. The first-order valence-corrected chi connectivity index (χ1v) is 7.56. The minimum Gasteiger partial charge on any atom is -0.103 e. The monoisotopic (exact) mass is 236 g/mol. The van der Waals surface area contributed by atoms with E-state index in [0.717, 1.165) is 18.8 Å². The van der Waals surface area contributed by atoms with Crippen molar-refractivity contribution in [2.24, 2.45) is 5.92 Å². The van der Waals surface area contributed by atoms with Crippen LogP contribution in [0, 0.1) is 5.92 Å². The van der Waals surface area contributed by atoms with E-state index in [2.05, 4.69) is 32.2 Å². The number of unbranched alkanes of at least 4 members (excludes halogenated alkanes) is 7. The van der Waals surface area contributed by atoms with Crippen molar-refractivity contribution in [3.63, 3.8) is 0 Å². The van der Waals surface area contributed by atoms with Gasteiger partial charge in [0.25, 0.3) is 0 Å². The first kappa shape index (κ1) is 16.5. The largest absolute Gasteiger partial charge is 0.103 e. The lowest BCUT2D eigenvalue weighted by Gasteiger charge is -2.12. The number of hydrogen-bond acceptors (Lipinski definition) is 0. The summed E-state index contributed by atoms with van der Waals surface area (Å²) in [5, 5.41) is 0. The number of allylic oxidation sites excluding steroid dienone is 2. The zero-order valence-electron chi connectivity index (χ0n) is 11.9. The molecule has 0 fully saturated rings. The number of hydrogen-bond donors (Lipinski definition) is 0. The number of rotatable bonds is 13. The molecule has 0 aliphatic rings. The Kier molecular flexibility index (Phi) is 13.1. The fourth-order valence-electron chi connectivity index (χ4n) is 2.37. The third-order valence-corrected chi connectivity index (χ3v) is 3.47. The third kappa shape index (κ3) is 11.7. The highest BCUT2D eigenvalue weighted by Crippen LogP contribution is 2.19. The molecule has 0 heterocycles. The van der Waals surface area contributed by atoms with E-state index < -0.39 is 0 Å². The molecule has 0 saturated heterocycles. The normalized spacial score (nSPS) is 10.7. The van der Waals surface area contributed by atoms with Gasteiger partial charge in [-0.15, -0.1) is 13.2 Å². The average molecular weight is 236 g/mol. The van der Waals surface area contributed by atoms with Gasteiger partial charge in [-0.2, -0.15) is 0 Å². The van der Waals surface area contributed by atoms with E-state index in [-0.39, 0.29) is 0 Å². The molecule has 100 valence electrons. The van der Waals surface area contributed by atoms with Crippen molar-refractivity contribution in [2.75, 3.05) is 0 Å². The first-order chi connectivity index (χ1) is 8.35. The maximum atomic E-state index is 3.83. The van der Waals surface area contributed by atoms with E-state index in [0.29, 0.717) is 0 Å². The predicted octanol–water partition coefficient (Wildman–Crippen LogP) is 6.29. The SMILES string of the molecule is C=CCC(CC=C)CCCCCCCCCC. The van der Waals surface area contributed by atoms with Crippen LogP contribution in [0.15, 0.2) is 25.3 Å². The second-order valence-corrected chi connectivity index (χ2v) is 5.18. The maximum absolute atomic E-state index is 3.83. The van der Waals surface area contributed by atoms with Crippen LogP contribution in [-0.2, 0) is 0 Å². The van der Waals surface area contributed by atoms with Crippen LogP contribution < -0.4 is 0 Å². The van der Waals surface area contributed by atoms with E-state index in [1.165, 1.54) is 57.8 Å². The standard InChI is InChI=1S/C17H32/c1-4-7-8-9-10-11-12-13-16-17(14-5-2)15-6-3/h5-6,17H,2-4,7-16H2,1H3. The molecular formula is C17H32. The molecule has 0 bridgehead atoms. The van der Waals surface area contributed by atoms with Crippen molar-refractivity contribution >= 4 is 0 Å². The Morgan fingerprint density at radius 1 is 0.765 bits per heavy atom. The van der Waals surface area contributed by atoms with Crippen LogP contribution in [0.2, 0.25) is 0 Å². The quantitative estimate of drug-likeness (QED) is 0.260. The van der Waals surface area contributed by atoms with Crippen LogP contribution in [0.1, 0.15) is 77.6 Å². The van der Waals surface area contributed by atoms with Gasteiger partial charge >= 0.3 is 0 Å². The molecule has 0 aromatic carbocycles. The molecule has 0 saturated carbocycles. The summed E-state index contributed by atoms with van der Waals surface area (Å²) >= 11 is 0. The van der Waals surface area contributed by atoms with Gasteiger partial charge in [0, 0.05) is 0 Å². The lowest BCUT2D eigenvalue weighted by atomic mass is 9.94. The van der Waals surface area contributed by atoms with Crippen molar-refractivity contribution < 1.29 is 0 Å². The average Bonchev–Trinajstić information content (AvgIpc) is 2.33. The highest BCUT2D eigenvalue weighted by molar-refractivity contribution is 4.79. The minimum absolute atomic E-state index is 0.796. The molecule has 0 unspecified atom stereocenters. The molecule has 0 aromatic rings. The van der Waals surface area contributed by atoms with Crippen molar-refractivity contribution in [1.82, 2.24) is 0 Å². The molecule has 0 aliphatic carbocycles. The van der Waals surface area contributed by atoms with Gasteiger partial charge in [-0.3, -0.25) is 0 Å². The molecule has 17 heavy (non-hydrogen) atoms. The lowest BCUT2D eigenvalue weighted by molar-refractivity contribution is 0.457. The van der Waals surface area contributed by atoms with Crippen LogP contribution in [-0.4, -0.2) is 0 Å². The molecule has 0 nitrogen and oxygen atoms in total. The van der Waals surface area contributed by atoms with Crippen LogP contribution in [0.4, 0.5) is 0 Å². The Hall–Kier alpha value is -0.520. The molecule has 0 N–H and O–H groups in total. The topological polar surface area (TPSA) is 0 Å². The van der Waals surface area contributed by atoms with Crippen molar-refractivity contribution in [3.05, 3.63) is 25.3 Å². The summed E-state index contributed by atoms with van der Waals surface area (Å²) < 4.78 is 0. The molecule has 0 amide bonds. The van der Waals surface area contributed by atoms with Gasteiger partial charge < -0.3 is 0 Å². The Morgan fingerprint density at radius 3 is 1.71 bits per heavy atom. The maximum Gasteiger partial charge on any atom is -0.0322 e. The summed E-state index contributed by atoms with van der Waals surface area (Å²) in [7, 11) is 0. The highest BCUT2D eigenvalue weighted by Gasteiger charge is 2.04. The van der Waals surface area contributed by atoms with Gasteiger partial charge in [-0.1, -0.05) is 70.4 Å². The van der Waals surface area contributed by atoms with Gasteiger partial charge in [-0.25, -0.2) is 0 Å². The van der Waals surface area contributed by atoms with E-state index in [1.54, 1.807) is 0 Å². The van der Waals surface area contributed by atoms with Crippen LogP contribution in [0.25, 0.3) is 0 Å². The summed E-state index contributed by atoms with van der Waals surface area (Å²) in [6.45, 7) is 9.95. The second-order valence-electron chi connectivity index (χ2n) is 5.18. The van der Waals surface area contributed by atoms with E-state index in [9.17, 15) is 0 Å². The zero-order chi connectivity index (χ0) is 12.8. The van der Waals surface area contributed by atoms with Gasteiger partial charge in [0.05, 0.1) is 0 Å². The Labute approximate surface area is 109 Å². The van der Waals surface area contributed by atoms with Gasteiger partial charge in [0.15, 0.2) is 0 Å². The molecule has 0 spiro atoms. The van der Waals surface area contributed by atoms with Crippen molar-refractivity contribution in [1.29, 1.82) is 0 Å². The van der Waals surface area contributed by atoms with E-state index in [1.807, 2.05) is 0 Å². The molecule has 0 atom stereocenters. The predicted molar refractivity (Wildman–Crippen MR) is 80.3 cm³/mol. The van der Waals surface area contributed by atoms with Crippen LogP contribution >= 0.6 is 0 Å². The zero-order valence-corrected chi connectivity index (χ0v) is 11.9. The molecule has 0 radical (unpaired) electrons. The van der Waals surface area contributed by atoms with Gasteiger partial charge in [0.2, 0.25) is 0 Å². The fraction of sp³-hybridized carbons (Fsp3) is 0.765. The smallest absolute Gasteiger partial charge is 0.0322 e. The minimum atomic E-state index is 0.796. The Balaban J connectivity index is 3.29. The second kappa shape index (κ2) is 13.5. The summed E-state index contributed by atoms with van der Waals surface area (Å²) in [6, 6.07) is 0. The Morgan fingerprint density at radius 2 is 1.24 bits per heavy atom. The van der Waals surface area contributed by atoms with E-state index in [4.69, 9.17) is 0 Å². The summed E-state index contributed by atoms with van der Waals surface area (Å²) in [5.74, 6) is 0.796. The summed E-state index contributed by atoms with van der Waals surface area (Å²) in [5.41, 5.74) is 0. The molecule has 0 aromatic heterocycles. The highest BCUT2D eigenvalue weighted by atomic mass is 14.1. The Bertz CT molecular complexity index is 159. The van der Waals surface area contributed by atoms with Gasteiger partial charge in [0.1, 0.15) is 0 Å². The molecule has 0 heteroatoms. The van der Waals surface area contributed by atoms with Crippen LogP contribution in [0.5, 0.6) is 0 Å². The van der Waals surface area contributed by atoms with Crippen molar-refractivity contribution in [2.45, 2.75) is 77.6 Å². The summed E-state index contributed by atoms with van der Waals surface area (Å²) in [6.07, 6.45) is 19.1.